The molecule has 1 aromatic rings. The zero-order valence-electron chi connectivity index (χ0n) is 7.03. The van der Waals surface area contributed by atoms with Crippen LogP contribution in [0.4, 0.5) is 0 Å². The number of nitrogens with two attached hydrogens (primary N) is 1. The third kappa shape index (κ3) is 1.35. The number of amides is 1. The number of hydrogen-bond acceptors (Lipinski definition) is 3. The summed E-state index contributed by atoms with van der Waals surface area (Å²) in [5, 5.41) is 3.74. The van der Waals surface area contributed by atoms with Crippen molar-refractivity contribution in [2.24, 2.45) is 5.73 Å². The summed E-state index contributed by atoms with van der Waals surface area (Å²) in [4.78, 5) is 11.1. The van der Waals surface area contributed by atoms with Crippen LogP contribution >= 0.6 is 11.3 Å². The van der Waals surface area contributed by atoms with Gasteiger partial charge in [0.2, 0.25) is 0 Å². The van der Waals surface area contributed by atoms with E-state index < -0.39 is 11.5 Å². The predicted octanol–water partition coefficient (Wildman–Crippen LogP) is 1.09. The van der Waals surface area contributed by atoms with Gasteiger partial charge in [-0.3, -0.25) is 4.79 Å². The third-order valence-corrected chi connectivity index (χ3v) is 2.63. The summed E-state index contributed by atoms with van der Waals surface area (Å²) in [6.07, 6.45) is 0. The quantitative estimate of drug-likeness (QED) is 0.766. The highest BCUT2D eigenvalue weighted by Gasteiger charge is 2.33. The van der Waals surface area contributed by atoms with E-state index in [-0.39, 0.29) is 0 Å². The number of rotatable bonds is 3. The SMILES string of the molecule is COC(C)(C(N)=O)c1ccsc1. The van der Waals surface area contributed by atoms with Gasteiger partial charge >= 0.3 is 0 Å². The molecule has 1 heterocycles. The van der Waals surface area contributed by atoms with Crippen molar-refractivity contribution < 1.29 is 9.53 Å². The number of ether oxygens (including phenoxy) is 1. The van der Waals surface area contributed by atoms with Crippen LogP contribution in [0.3, 0.4) is 0 Å². The summed E-state index contributed by atoms with van der Waals surface area (Å²) >= 11 is 1.51. The first-order valence-electron chi connectivity index (χ1n) is 3.49. The zero-order valence-corrected chi connectivity index (χ0v) is 7.85. The molecule has 1 rings (SSSR count). The van der Waals surface area contributed by atoms with Gasteiger partial charge in [-0.05, 0) is 23.8 Å². The van der Waals surface area contributed by atoms with Crippen molar-refractivity contribution >= 4 is 17.2 Å². The van der Waals surface area contributed by atoms with Crippen LogP contribution in [-0.4, -0.2) is 13.0 Å². The number of thiophene rings is 1. The molecule has 0 saturated heterocycles. The number of hydrogen-bond donors (Lipinski definition) is 1. The van der Waals surface area contributed by atoms with Gasteiger partial charge in [-0.25, -0.2) is 0 Å². The van der Waals surface area contributed by atoms with Crippen LogP contribution in [0.1, 0.15) is 12.5 Å². The molecule has 1 atom stereocenters. The van der Waals surface area contributed by atoms with Crippen LogP contribution in [0, 0.1) is 0 Å². The van der Waals surface area contributed by atoms with E-state index in [9.17, 15) is 4.79 Å². The molecule has 12 heavy (non-hydrogen) atoms. The van der Waals surface area contributed by atoms with Gasteiger partial charge in [-0.15, -0.1) is 0 Å². The summed E-state index contributed by atoms with van der Waals surface area (Å²) in [6, 6.07) is 1.83. The molecule has 3 nitrogen and oxygen atoms in total. The largest absolute Gasteiger partial charge is 0.367 e. The Bertz CT molecular complexity index is 271. The fourth-order valence-electron chi connectivity index (χ4n) is 0.897. The lowest BCUT2D eigenvalue weighted by atomic mass is 9.98. The maximum Gasteiger partial charge on any atom is 0.254 e. The van der Waals surface area contributed by atoms with Gasteiger partial charge < -0.3 is 10.5 Å². The van der Waals surface area contributed by atoms with E-state index >= 15 is 0 Å². The molecule has 0 saturated carbocycles. The van der Waals surface area contributed by atoms with Crippen LogP contribution in [0.25, 0.3) is 0 Å². The van der Waals surface area contributed by atoms with Gasteiger partial charge in [-0.2, -0.15) is 11.3 Å². The van der Waals surface area contributed by atoms with Crippen LogP contribution in [0.2, 0.25) is 0 Å². The number of carbonyl (C=O) groups excluding carboxylic acids is 1. The monoisotopic (exact) mass is 185 g/mol. The first-order chi connectivity index (χ1) is 5.61. The molecule has 0 bridgehead atoms. The molecule has 4 heteroatoms. The minimum absolute atomic E-state index is 0.469. The Hall–Kier alpha value is -0.870. The average molecular weight is 185 g/mol. The Balaban J connectivity index is 3.04. The second-order valence-corrected chi connectivity index (χ2v) is 3.39. The molecule has 1 unspecified atom stereocenters. The molecule has 0 fully saturated rings. The van der Waals surface area contributed by atoms with Crippen LogP contribution < -0.4 is 5.73 Å². The normalized spacial score (nSPS) is 15.5. The zero-order chi connectivity index (χ0) is 9.19. The standard InChI is InChI=1S/C8H11NO2S/c1-8(11-2,7(9)10)6-3-4-12-5-6/h3-5H,1-2H3,(H2,9,10). The van der Waals surface area contributed by atoms with E-state index in [1.54, 1.807) is 6.92 Å². The molecular weight excluding hydrogens is 174 g/mol. The smallest absolute Gasteiger partial charge is 0.254 e. The second-order valence-electron chi connectivity index (χ2n) is 2.61. The van der Waals surface area contributed by atoms with Gasteiger partial charge in [0.05, 0.1) is 0 Å². The molecule has 0 aliphatic heterocycles. The van der Waals surface area contributed by atoms with Gasteiger partial charge in [0.25, 0.3) is 5.91 Å². The van der Waals surface area contributed by atoms with E-state index in [4.69, 9.17) is 10.5 Å². The molecule has 0 radical (unpaired) electrons. The summed E-state index contributed by atoms with van der Waals surface area (Å²) < 4.78 is 5.08. The number of primary amides is 1. The summed E-state index contributed by atoms with van der Waals surface area (Å²) in [5.41, 5.74) is 5.04. The maximum atomic E-state index is 11.1. The Morgan fingerprint density at radius 2 is 2.42 bits per heavy atom. The Kier molecular flexibility index (Phi) is 2.49. The molecule has 1 aromatic heterocycles. The highest BCUT2D eigenvalue weighted by molar-refractivity contribution is 7.08. The number of carbonyl (C=O) groups is 1. The maximum absolute atomic E-state index is 11.1. The van der Waals surface area contributed by atoms with Crippen molar-refractivity contribution in [3.63, 3.8) is 0 Å². The van der Waals surface area contributed by atoms with Crippen LogP contribution in [0.15, 0.2) is 16.8 Å². The topological polar surface area (TPSA) is 52.3 Å². The van der Waals surface area contributed by atoms with Gasteiger partial charge in [-0.1, -0.05) is 0 Å². The Morgan fingerprint density at radius 3 is 2.75 bits per heavy atom. The first-order valence-corrected chi connectivity index (χ1v) is 4.43. The molecule has 0 spiro atoms. The van der Waals surface area contributed by atoms with Crippen molar-refractivity contribution in [1.82, 2.24) is 0 Å². The lowest BCUT2D eigenvalue weighted by Gasteiger charge is -2.22. The van der Waals surface area contributed by atoms with Gasteiger partial charge in [0, 0.05) is 12.7 Å². The third-order valence-electron chi connectivity index (χ3n) is 1.95. The molecule has 0 aliphatic carbocycles. The van der Waals surface area contributed by atoms with Crippen molar-refractivity contribution in [3.05, 3.63) is 22.4 Å². The van der Waals surface area contributed by atoms with Crippen molar-refractivity contribution in [1.29, 1.82) is 0 Å². The lowest BCUT2D eigenvalue weighted by molar-refractivity contribution is -0.139. The van der Waals surface area contributed by atoms with Crippen molar-refractivity contribution in [2.45, 2.75) is 12.5 Å². The summed E-state index contributed by atoms with van der Waals surface area (Å²) in [7, 11) is 1.47. The highest BCUT2D eigenvalue weighted by atomic mass is 32.1. The van der Waals surface area contributed by atoms with E-state index in [1.165, 1.54) is 18.4 Å². The molecule has 2 N–H and O–H groups in total. The average Bonchev–Trinajstić information content (AvgIpc) is 2.54. The second kappa shape index (κ2) is 3.25. The summed E-state index contributed by atoms with van der Waals surface area (Å²) in [5.74, 6) is -0.469. The van der Waals surface area contributed by atoms with Crippen LogP contribution in [0.5, 0.6) is 0 Å². The number of methoxy groups -OCH3 is 1. The summed E-state index contributed by atoms with van der Waals surface area (Å²) in [6.45, 7) is 1.66. The highest BCUT2D eigenvalue weighted by Crippen LogP contribution is 2.25. The van der Waals surface area contributed by atoms with Crippen LogP contribution in [-0.2, 0) is 15.1 Å². The minimum atomic E-state index is -0.986. The molecule has 0 aromatic carbocycles. The fourth-order valence-corrected chi connectivity index (χ4v) is 1.65. The molecule has 1 amide bonds. The first kappa shape index (κ1) is 9.22. The molecular formula is C8H11NO2S. The lowest BCUT2D eigenvalue weighted by Crippen LogP contribution is -2.39. The van der Waals surface area contributed by atoms with E-state index in [0.29, 0.717) is 0 Å². The van der Waals surface area contributed by atoms with Gasteiger partial charge in [0.1, 0.15) is 0 Å². The van der Waals surface area contributed by atoms with E-state index in [2.05, 4.69) is 0 Å². The van der Waals surface area contributed by atoms with E-state index in [0.717, 1.165) is 5.56 Å². The van der Waals surface area contributed by atoms with Crippen molar-refractivity contribution in [2.75, 3.05) is 7.11 Å². The van der Waals surface area contributed by atoms with E-state index in [1.807, 2.05) is 16.8 Å². The Labute approximate surface area is 75.1 Å². The van der Waals surface area contributed by atoms with Gasteiger partial charge in [0.15, 0.2) is 5.60 Å². The minimum Gasteiger partial charge on any atom is -0.367 e. The molecule has 66 valence electrons. The molecule has 0 aliphatic rings. The predicted molar refractivity (Wildman–Crippen MR) is 47.9 cm³/mol. The van der Waals surface area contributed by atoms with Crippen molar-refractivity contribution in [3.8, 4) is 0 Å². The fraction of sp³-hybridized carbons (Fsp3) is 0.375. The Morgan fingerprint density at radius 1 is 1.75 bits per heavy atom.